The number of benzene rings is 2. The van der Waals surface area contributed by atoms with Gasteiger partial charge in [-0.1, -0.05) is 12.1 Å². The molecule has 4 aliphatic rings. The minimum atomic E-state index is -0.637. The Morgan fingerprint density at radius 1 is 0.344 bits per heavy atom. The molecule has 0 spiro atoms. The zero-order valence-electron chi connectivity index (χ0n) is 41.7. The monoisotopic (exact) mass is 887 g/mol. The van der Waals surface area contributed by atoms with Crippen molar-refractivity contribution in [3.8, 4) is 11.1 Å². The molecule has 4 saturated heterocycles. The molecule has 2 aromatic carbocycles. The third kappa shape index (κ3) is 12.7. The lowest BCUT2D eigenvalue weighted by molar-refractivity contribution is -0.0107. The minimum absolute atomic E-state index is 0.0621. The Bertz CT molecular complexity index is 1920. The van der Waals surface area contributed by atoms with Crippen LogP contribution in [0.2, 0.25) is 0 Å². The number of ether oxygens (including phenoxy) is 4. The van der Waals surface area contributed by atoms with Gasteiger partial charge in [-0.25, -0.2) is 19.2 Å². The van der Waals surface area contributed by atoms with Gasteiger partial charge in [-0.05, 0) is 146 Å². The van der Waals surface area contributed by atoms with Crippen LogP contribution in [0.4, 0.5) is 0 Å². The Balaban J connectivity index is 1.38. The van der Waals surface area contributed by atoms with Crippen molar-refractivity contribution in [1.82, 2.24) is 21.3 Å². The molecule has 0 saturated carbocycles. The van der Waals surface area contributed by atoms with Crippen molar-refractivity contribution in [1.29, 1.82) is 0 Å². The summed E-state index contributed by atoms with van der Waals surface area (Å²) in [5.41, 5.74) is -0.863. The molecule has 0 atom stereocenters. The van der Waals surface area contributed by atoms with Crippen LogP contribution >= 0.6 is 0 Å². The molecule has 12 heteroatoms. The molecule has 0 amide bonds. The van der Waals surface area contributed by atoms with Gasteiger partial charge in [0.2, 0.25) is 0 Å². The highest BCUT2D eigenvalue weighted by Crippen LogP contribution is 2.37. The number of hydrogen-bond acceptors (Lipinski definition) is 12. The molecule has 6 rings (SSSR count). The second-order valence-corrected chi connectivity index (χ2v) is 24.8. The van der Waals surface area contributed by atoms with Crippen LogP contribution in [0.1, 0.15) is 204 Å². The Morgan fingerprint density at radius 3 is 0.734 bits per heavy atom. The number of nitrogens with one attached hydrogen (secondary N) is 4. The second kappa shape index (κ2) is 17.1. The number of piperidine rings is 4. The Labute approximate surface area is 382 Å². The van der Waals surface area contributed by atoms with E-state index in [4.69, 9.17) is 18.9 Å². The quantitative estimate of drug-likeness (QED) is 0.140. The van der Waals surface area contributed by atoms with Crippen molar-refractivity contribution < 1.29 is 38.1 Å². The average molecular weight is 887 g/mol. The lowest BCUT2D eigenvalue weighted by atomic mass is 9.81. The fourth-order valence-corrected chi connectivity index (χ4v) is 12.2. The van der Waals surface area contributed by atoms with Gasteiger partial charge in [-0.3, -0.25) is 0 Å². The summed E-state index contributed by atoms with van der Waals surface area (Å²) >= 11 is 0. The van der Waals surface area contributed by atoms with Crippen molar-refractivity contribution in [2.75, 3.05) is 0 Å². The van der Waals surface area contributed by atoms with Crippen LogP contribution in [0.15, 0.2) is 36.4 Å². The fourth-order valence-electron chi connectivity index (χ4n) is 12.2. The SMILES string of the molecule is CC1(C)CC(OC(=O)c2ccc(-c3ccc(C(=O)OC4CC(C)(C)NC(C)(C)C4)c(C(=O)OC4CC(C)(C)NC(C)(C)C4)c3)cc2C(=O)OC2CC(C)(C)NC(C)(C)C2)CC(C)(C)N1. The summed E-state index contributed by atoms with van der Waals surface area (Å²) in [5.74, 6) is -2.49. The first-order valence-corrected chi connectivity index (χ1v) is 23.4. The summed E-state index contributed by atoms with van der Waals surface area (Å²) in [4.78, 5) is 57.4. The molecule has 64 heavy (non-hydrogen) atoms. The van der Waals surface area contributed by atoms with E-state index in [1.807, 2.05) is 0 Å². The van der Waals surface area contributed by atoms with Crippen molar-refractivity contribution in [2.45, 2.75) is 231 Å². The molecule has 0 aliphatic carbocycles. The number of esters is 4. The van der Waals surface area contributed by atoms with Crippen LogP contribution in [0.3, 0.4) is 0 Å². The van der Waals surface area contributed by atoms with Gasteiger partial charge >= 0.3 is 23.9 Å². The van der Waals surface area contributed by atoms with Crippen LogP contribution in [0.5, 0.6) is 0 Å². The Hall–Kier alpha value is -3.84. The summed E-state index contributed by atoms with van der Waals surface area (Å²) in [5, 5.41) is 14.5. The van der Waals surface area contributed by atoms with Gasteiger partial charge in [0, 0.05) is 95.7 Å². The molecule has 4 heterocycles. The maximum absolute atomic E-state index is 14.5. The topological polar surface area (TPSA) is 153 Å². The van der Waals surface area contributed by atoms with Crippen LogP contribution in [0.25, 0.3) is 11.1 Å². The van der Waals surface area contributed by atoms with E-state index in [1.54, 1.807) is 36.4 Å². The summed E-state index contributed by atoms with van der Waals surface area (Å²) in [7, 11) is 0. The van der Waals surface area contributed by atoms with Crippen LogP contribution in [0, 0.1) is 0 Å². The molecular weight excluding hydrogens is 809 g/mol. The molecule has 4 fully saturated rings. The molecule has 0 unspecified atom stereocenters. The number of rotatable bonds is 9. The van der Waals surface area contributed by atoms with Crippen LogP contribution in [-0.2, 0) is 18.9 Å². The number of carbonyl (C=O) groups is 4. The largest absolute Gasteiger partial charge is 0.459 e. The molecule has 2 aromatic rings. The zero-order chi connectivity index (χ0) is 47.6. The standard InChI is InChI=1S/C52H78N4O8/c1-45(2)23-33(24-46(3,4)53-45)61-41(57)37-19-17-31(21-39(37)43(59)63-35-27-49(9,10)55-50(11,12)28-35)32-18-20-38(42(58)62-34-25-47(5,6)54-48(7,8)26-34)40(22-32)44(60)64-36-29-51(13,14)56-52(15,16)30-36/h17-22,33-36,53-56H,23-30H2,1-16H3. The smallest absolute Gasteiger partial charge is 0.339 e. The predicted molar refractivity (Wildman–Crippen MR) is 251 cm³/mol. The highest BCUT2D eigenvalue weighted by atomic mass is 16.6. The summed E-state index contributed by atoms with van der Waals surface area (Å²) < 4.78 is 25.0. The van der Waals surface area contributed by atoms with Crippen LogP contribution < -0.4 is 21.3 Å². The fraction of sp³-hybridized carbons (Fsp3) is 0.692. The van der Waals surface area contributed by atoms with Gasteiger partial charge < -0.3 is 40.2 Å². The second-order valence-electron chi connectivity index (χ2n) is 24.8. The normalized spacial score (nSPS) is 24.8. The first-order valence-electron chi connectivity index (χ1n) is 23.4. The summed E-state index contributed by atoms with van der Waals surface area (Å²) in [6, 6.07) is 9.93. The van der Waals surface area contributed by atoms with E-state index in [0.29, 0.717) is 62.5 Å². The van der Waals surface area contributed by atoms with Gasteiger partial charge in [0.15, 0.2) is 0 Å². The average Bonchev–Trinajstić information content (AvgIpc) is 3.05. The van der Waals surface area contributed by atoms with E-state index in [-0.39, 0.29) is 78.8 Å². The Kier molecular flexibility index (Phi) is 13.3. The third-order valence-electron chi connectivity index (χ3n) is 13.0. The van der Waals surface area contributed by atoms with Crippen molar-refractivity contribution in [2.24, 2.45) is 0 Å². The van der Waals surface area contributed by atoms with Crippen molar-refractivity contribution in [3.05, 3.63) is 58.7 Å². The minimum Gasteiger partial charge on any atom is -0.459 e. The molecule has 12 nitrogen and oxygen atoms in total. The lowest BCUT2D eigenvalue weighted by Crippen LogP contribution is -2.59. The first kappa shape index (κ1) is 49.6. The summed E-state index contributed by atoms with van der Waals surface area (Å²) in [6.45, 7) is 33.4. The lowest BCUT2D eigenvalue weighted by Gasteiger charge is -2.46. The van der Waals surface area contributed by atoms with Gasteiger partial charge in [-0.2, -0.15) is 0 Å². The molecule has 354 valence electrons. The van der Waals surface area contributed by atoms with Crippen molar-refractivity contribution in [3.63, 3.8) is 0 Å². The predicted octanol–water partition coefficient (Wildman–Crippen LogP) is 9.22. The number of carbonyl (C=O) groups excluding carboxylic acids is 4. The molecule has 0 aromatic heterocycles. The zero-order valence-corrected chi connectivity index (χ0v) is 41.7. The van der Waals surface area contributed by atoms with Gasteiger partial charge in [-0.15, -0.1) is 0 Å². The molecule has 0 radical (unpaired) electrons. The van der Waals surface area contributed by atoms with E-state index in [9.17, 15) is 19.2 Å². The third-order valence-corrected chi connectivity index (χ3v) is 13.0. The van der Waals surface area contributed by atoms with Crippen molar-refractivity contribution >= 4 is 23.9 Å². The highest BCUT2D eigenvalue weighted by Gasteiger charge is 2.44. The van der Waals surface area contributed by atoms with E-state index >= 15 is 0 Å². The Morgan fingerprint density at radius 2 is 0.531 bits per heavy atom. The first-order chi connectivity index (χ1) is 29.1. The van der Waals surface area contributed by atoms with Crippen LogP contribution in [-0.4, -0.2) is 92.6 Å². The molecule has 4 N–H and O–H groups in total. The van der Waals surface area contributed by atoms with Gasteiger partial charge in [0.1, 0.15) is 24.4 Å². The maximum Gasteiger partial charge on any atom is 0.339 e. The van der Waals surface area contributed by atoms with E-state index in [0.717, 1.165) is 0 Å². The van der Waals surface area contributed by atoms with E-state index in [2.05, 4.69) is 132 Å². The molecule has 0 bridgehead atoms. The highest BCUT2D eigenvalue weighted by molar-refractivity contribution is 6.06. The van der Waals surface area contributed by atoms with Gasteiger partial charge in [0.05, 0.1) is 22.3 Å². The summed E-state index contributed by atoms with van der Waals surface area (Å²) in [6.07, 6.45) is 3.17. The molecule has 4 aliphatic heterocycles. The van der Waals surface area contributed by atoms with E-state index in [1.165, 1.54) is 0 Å². The number of hydrogen-bond donors (Lipinski definition) is 4. The molecular formula is C52H78N4O8. The van der Waals surface area contributed by atoms with E-state index < -0.39 is 36.1 Å². The maximum atomic E-state index is 14.5. The van der Waals surface area contributed by atoms with Gasteiger partial charge in [0.25, 0.3) is 0 Å².